The van der Waals surface area contributed by atoms with Gasteiger partial charge in [-0.3, -0.25) is 4.79 Å². The van der Waals surface area contributed by atoms with Crippen molar-refractivity contribution in [2.45, 2.75) is 24.9 Å². The van der Waals surface area contributed by atoms with Crippen LogP contribution in [0.3, 0.4) is 0 Å². The molecule has 0 saturated heterocycles. The minimum Gasteiger partial charge on any atom is -0.367 e. The van der Waals surface area contributed by atoms with Crippen LogP contribution in [-0.4, -0.2) is 37.1 Å². The lowest BCUT2D eigenvalue weighted by molar-refractivity contribution is 0.0994. The molecule has 1 aliphatic heterocycles. The number of para-hydroxylation sites is 1. The number of rotatable bonds is 2. The molecule has 2 aromatic rings. The Labute approximate surface area is 141 Å². The smallest absolute Gasteiger partial charge is 0.260 e. The van der Waals surface area contributed by atoms with Gasteiger partial charge in [0.1, 0.15) is 5.82 Å². The third kappa shape index (κ3) is 2.30. The quantitative estimate of drug-likeness (QED) is 0.887. The first-order chi connectivity index (χ1) is 11.5. The van der Waals surface area contributed by atoms with E-state index in [1.54, 1.807) is 18.1 Å². The molecule has 0 atom stereocenters. The first-order valence-corrected chi connectivity index (χ1v) is 8.17. The maximum absolute atomic E-state index is 12.7. The number of benzene rings is 1. The number of nitrogens with one attached hydrogen (secondary N) is 1. The van der Waals surface area contributed by atoms with Crippen molar-refractivity contribution in [1.82, 2.24) is 4.98 Å². The number of fused-ring (bicyclic) bond motifs is 2. The largest absolute Gasteiger partial charge is 0.367 e. The molecule has 6 heteroatoms. The Morgan fingerprint density at radius 3 is 2.62 bits per heavy atom. The van der Waals surface area contributed by atoms with Gasteiger partial charge in [0.15, 0.2) is 0 Å². The second-order valence-corrected chi connectivity index (χ2v) is 6.57. The predicted molar refractivity (Wildman–Crippen MR) is 96.1 cm³/mol. The summed E-state index contributed by atoms with van der Waals surface area (Å²) in [6.45, 7) is 0. The number of aromatic nitrogens is 1. The number of amides is 1. The van der Waals surface area contributed by atoms with E-state index in [4.69, 9.17) is 5.73 Å². The number of nitrogens with zero attached hydrogens (tertiary/aromatic N) is 3. The molecule has 0 bridgehead atoms. The highest BCUT2D eigenvalue weighted by Gasteiger charge is 2.29. The highest BCUT2D eigenvalue weighted by Crippen LogP contribution is 2.39. The predicted octanol–water partition coefficient (Wildman–Crippen LogP) is 2.34. The van der Waals surface area contributed by atoms with Gasteiger partial charge in [0.05, 0.1) is 28.8 Å². The van der Waals surface area contributed by atoms with Gasteiger partial charge in [-0.2, -0.15) is 0 Å². The fourth-order valence-electron chi connectivity index (χ4n) is 3.40. The number of pyridine rings is 1. The van der Waals surface area contributed by atoms with Gasteiger partial charge < -0.3 is 20.9 Å². The zero-order chi connectivity index (χ0) is 16.8. The number of hydrogen-bond acceptors (Lipinski definition) is 5. The molecule has 4 rings (SSSR count). The second-order valence-electron chi connectivity index (χ2n) is 6.57. The Bertz CT molecular complexity index is 800. The molecule has 1 fully saturated rings. The van der Waals surface area contributed by atoms with Gasteiger partial charge in [0.25, 0.3) is 5.91 Å². The van der Waals surface area contributed by atoms with E-state index >= 15 is 0 Å². The third-order valence-corrected chi connectivity index (χ3v) is 4.91. The molecule has 1 aromatic heterocycles. The highest BCUT2D eigenvalue weighted by molar-refractivity contribution is 6.13. The van der Waals surface area contributed by atoms with E-state index in [1.807, 2.05) is 42.3 Å². The van der Waals surface area contributed by atoms with E-state index in [2.05, 4.69) is 10.3 Å². The second kappa shape index (κ2) is 5.49. The van der Waals surface area contributed by atoms with Crippen molar-refractivity contribution in [3.8, 4) is 0 Å². The summed E-state index contributed by atoms with van der Waals surface area (Å²) in [5.41, 5.74) is 9.20. The molecule has 0 unspecified atom stereocenters. The minimum atomic E-state index is -0.0244. The average molecular weight is 323 g/mol. The summed E-state index contributed by atoms with van der Waals surface area (Å²) in [6.07, 6.45) is 3.70. The summed E-state index contributed by atoms with van der Waals surface area (Å²) in [7, 11) is 3.77. The summed E-state index contributed by atoms with van der Waals surface area (Å²) >= 11 is 0. The Hall–Kier alpha value is -2.60. The molecule has 1 aromatic carbocycles. The van der Waals surface area contributed by atoms with Gasteiger partial charge in [0.2, 0.25) is 0 Å². The van der Waals surface area contributed by atoms with E-state index in [0.29, 0.717) is 17.6 Å². The van der Waals surface area contributed by atoms with E-state index < -0.39 is 0 Å². The zero-order valence-electron chi connectivity index (χ0n) is 13.9. The molecule has 24 heavy (non-hydrogen) atoms. The fourth-order valence-corrected chi connectivity index (χ4v) is 3.40. The fraction of sp³-hybridized carbons (Fsp3) is 0.333. The molecule has 1 aliphatic carbocycles. The van der Waals surface area contributed by atoms with Crippen molar-refractivity contribution in [1.29, 1.82) is 0 Å². The molecule has 124 valence electrons. The highest BCUT2D eigenvalue weighted by atomic mass is 16.2. The first-order valence-electron chi connectivity index (χ1n) is 8.17. The van der Waals surface area contributed by atoms with E-state index in [1.165, 1.54) is 0 Å². The number of anilines is 4. The molecule has 0 radical (unpaired) electrons. The van der Waals surface area contributed by atoms with Crippen molar-refractivity contribution in [2.75, 3.05) is 29.2 Å². The van der Waals surface area contributed by atoms with Crippen LogP contribution in [0.4, 0.5) is 22.9 Å². The maximum Gasteiger partial charge on any atom is 0.260 e. The van der Waals surface area contributed by atoms with E-state index in [9.17, 15) is 4.79 Å². The number of carbonyl (C=O) groups excluding carboxylic acids is 1. The van der Waals surface area contributed by atoms with Crippen LogP contribution in [0.1, 0.15) is 23.2 Å². The molecule has 2 heterocycles. The normalized spacial score (nSPS) is 22.4. The van der Waals surface area contributed by atoms with Crippen molar-refractivity contribution in [3.05, 3.63) is 42.1 Å². The van der Waals surface area contributed by atoms with E-state index in [-0.39, 0.29) is 5.91 Å². The van der Waals surface area contributed by atoms with E-state index in [0.717, 1.165) is 35.7 Å². The number of nitrogens with two attached hydrogens (primary N) is 1. The summed E-state index contributed by atoms with van der Waals surface area (Å²) in [5.74, 6) is 0.793. The van der Waals surface area contributed by atoms with Crippen molar-refractivity contribution < 1.29 is 4.79 Å². The molecule has 1 amide bonds. The van der Waals surface area contributed by atoms with Gasteiger partial charge in [-0.1, -0.05) is 12.1 Å². The van der Waals surface area contributed by atoms with Gasteiger partial charge >= 0.3 is 0 Å². The third-order valence-electron chi connectivity index (χ3n) is 4.91. The van der Waals surface area contributed by atoms with Crippen molar-refractivity contribution >= 4 is 28.8 Å². The zero-order valence-corrected chi connectivity index (χ0v) is 13.9. The van der Waals surface area contributed by atoms with Crippen LogP contribution in [-0.2, 0) is 0 Å². The molecule has 1 saturated carbocycles. The Morgan fingerprint density at radius 2 is 1.88 bits per heavy atom. The van der Waals surface area contributed by atoms with Crippen LogP contribution in [0.25, 0.3) is 0 Å². The lowest BCUT2D eigenvalue weighted by Crippen LogP contribution is -2.44. The van der Waals surface area contributed by atoms with Gasteiger partial charge in [-0.25, -0.2) is 4.98 Å². The minimum absolute atomic E-state index is 0.0244. The maximum atomic E-state index is 12.7. The van der Waals surface area contributed by atoms with Crippen LogP contribution in [0.15, 0.2) is 36.5 Å². The summed E-state index contributed by atoms with van der Waals surface area (Å²) in [5, 5.41) is 3.43. The molecular weight excluding hydrogens is 302 g/mol. The summed E-state index contributed by atoms with van der Waals surface area (Å²) < 4.78 is 0. The molecule has 0 spiro atoms. The molecule has 2 aliphatic rings. The standard InChI is InChI=1S/C18H21N5O/c1-22-14-6-4-3-5-13(14)18(24)23(2)16-10-20-17(9-15(16)22)21-12-7-11(19)8-12/h3-6,9-12H,7-8,19H2,1-2H3,(H,20,21). The van der Waals surface area contributed by atoms with Gasteiger partial charge in [0, 0.05) is 32.2 Å². The molecular formula is C18H21N5O. The van der Waals surface area contributed by atoms with Crippen molar-refractivity contribution in [3.63, 3.8) is 0 Å². The SMILES string of the molecule is CN1C(=O)c2ccccc2N(C)c2cc(NC3CC(N)C3)ncc21. The van der Waals surface area contributed by atoms with Crippen LogP contribution in [0.2, 0.25) is 0 Å². The average Bonchev–Trinajstić information content (AvgIpc) is 2.65. The topological polar surface area (TPSA) is 74.5 Å². The monoisotopic (exact) mass is 323 g/mol. The first kappa shape index (κ1) is 15.0. The molecule has 3 N–H and O–H groups in total. The van der Waals surface area contributed by atoms with Crippen molar-refractivity contribution in [2.24, 2.45) is 5.73 Å². The number of hydrogen-bond donors (Lipinski definition) is 2. The number of carbonyl (C=O) groups is 1. The molecule has 6 nitrogen and oxygen atoms in total. The Kier molecular flexibility index (Phi) is 3.42. The van der Waals surface area contributed by atoms with Crippen LogP contribution in [0.5, 0.6) is 0 Å². The summed E-state index contributed by atoms with van der Waals surface area (Å²) in [6, 6.07) is 10.3. The lowest BCUT2D eigenvalue weighted by Gasteiger charge is -2.33. The van der Waals surface area contributed by atoms with Crippen LogP contribution >= 0.6 is 0 Å². The lowest BCUT2D eigenvalue weighted by atomic mass is 9.88. The van der Waals surface area contributed by atoms with Crippen LogP contribution < -0.4 is 20.9 Å². The van der Waals surface area contributed by atoms with Gasteiger partial charge in [-0.05, 0) is 25.0 Å². The summed E-state index contributed by atoms with van der Waals surface area (Å²) in [4.78, 5) is 20.9. The van der Waals surface area contributed by atoms with Crippen LogP contribution in [0, 0.1) is 0 Å². The Morgan fingerprint density at radius 1 is 1.12 bits per heavy atom. The van der Waals surface area contributed by atoms with Gasteiger partial charge in [-0.15, -0.1) is 0 Å². The Balaban J connectivity index is 1.74.